The summed E-state index contributed by atoms with van der Waals surface area (Å²) in [6, 6.07) is 0. The van der Waals surface area contributed by atoms with E-state index < -0.39 is 0 Å². The summed E-state index contributed by atoms with van der Waals surface area (Å²) in [4.78, 5) is 12.3. The molecule has 0 aliphatic heterocycles. The molecule has 0 unspecified atom stereocenters. The number of ketones is 1. The summed E-state index contributed by atoms with van der Waals surface area (Å²) < 4.78 is 2.50. The first kappa shape index (κ1) is 10.8. The third-order valence-corrected chi connectivity index (χ3v) is 3.62. The van der Waals surface area contributed by atoms with E-state index in [1.165, 1.54) is 0 Å². The van der Waals surface area contributed by atoms with Crippen molar-refractivity contribution in [3.8, 4) is 0 Å². The molecule has 1 aromatic rings. The van der Waals surface area contributed by atoms with Crippen molar-refractivity contribution in [1.29, 1.82) is 0 Å². The molecule has 1 aromatic heterocycles. The highest BCUT2D eigenvalue weighted by Gasteiger charge is 2.50. The minimum Gasteiger partial charge on any atom is -0.329 e. The molecule has 0 atom stereocenters. The molecule has 82 valence electrons. The fraction of sp³-hybridized carbons (Fsp3) is 0.600. The van der Waals surface area contributed by atoms with Crippen LogP contribution in [0.4, 0.5) is 0 Å². The largest absolute Gasteiger partial charge is 0.329 e. The zero-order valence-electron chi connectivity index (χ0n) is 8.66. The fourth-order valence-electron chi connectivity index (χ4n) is 1.75. The van der Waals surface area contributed by atoms with E-state index in [9.17, 15) is 4.79 Å². The molecule has 0 saturated heterocycles. The smallest absolute Gasteiger partial charge is 0.189 e. The van der Waals surface area contributed by atoms with Gasteiger partial charge in [-0.1, -0.05) is 0 Å². The molecule has 15 heavy (non-hydrogen) atoms. The number of carbonyl (C=O) groups excluding carboxylic acids is 1. The fourth-order valence-corrected chi connectivity index (χ4v) is 2.23. The number of rotatable bonds is 4. The van der Waals surface area contributed by atoms with Gasteiger partial charge in [0.25, 0.3) is 0 Å². The normalized spacial score (nSPS) is 17.8. The second-order valence-corrected chi connectivity index (χ2v) is 4.82. The van der Waals surface area contributed by atoms with E-state index in [4.69, 9.17) is 5.73 Å². The van der Waals surface area contributed by atoms with E-state index in [2.05, 4.69) is 21.0 Å². The molecule has 1 aliphatic rings. The van der Waals surface area contributed by atoms with E-state index >= 15 is 0 Å². The molecule has 4 nitrogen and oxygen atoms in total. The maximum Gasteiger partial charge on any atom is 0.189 e. The highest BCUT2D eigenvalue weighted by molar-refractivity contribution is 9.10. The van der Waals surface area contributed by atoms with E-state index in [1.54, 1.807) is 10.9 Å². The second kappa shape index (κ2) is 3.72. The highest BCUT2D eigenvalue weighted by atomic mass is 79.9. The van der Waals surface area contributed by atoms with Gasteiger partial charge in [0.2, 0.25) is 0 Å². The van der Waals surface area contributed by atoms with Crippen molar-refractivity contribution >= 4 is 21.7 Å². The molecule has 1 aliphatic carbocycles. The van der Waals surface area contributed by atoms with Crippen molar-refractivity contribution in [3.63, 3.8) is 0 Å². The van der Waals surface area contributed by atoms with Crippen molar-refractivity contribution in [2.75, 3.05) is 6.54 Å². The van der Waals surface area contributed by atoms with Crippen LogP contribution in [0.2, 0.25) is 0 Å². The molecule has 1 saturated carbocycles. The van der Waals surface area contributed by atoms with Crippen molar-refractivity contribution in [3.05, 3.63) is 16.4 Å². The Hall–Kier alpha value is -0.680. The van der Waals surface area contributed by atoms with Gasteiger partial charge in [-0.2, -0.15) is 5.10 Å². The van der Waals surface area contributed by atoms with Gasteiger partial charge in [0.15, 0.2) is 5.78 Å². The third kappa shape index (κ3) is 1.63. The van der Waals surface area contributed by atoms with Crippen LogP contribution < -0.4 is 5.73 Å². The van der Waals surface area contributed by atoms with Gasteiger partial charge < -0.3 is 5.73 Å². The van der Waals surface area contributed by atoms with Crippen LogP contribution in [0.15, 0.2) is 10.7 Å². The summed E-state index contributed by atoms with van der Waals surface area (Å²) >= 11 is 3.36. The summed E-state index contributed by atoms with van der Waals surface area (Å²) in [5.41, 5.74) is 6.02. The number of Topliss-reactive ketones (excluding diaryl/α,β-unsaturated/α-hetero) is 1. The maximum atomic E-state index is 12.3. The van der Waals surface area contributed by atoms with Gasteiger partial charge in [0.05, 0.1) is 10.7 Å². The van der Waals surface area contributed by atoms with Crippen molar-refractivity contribution in [2.24, 2.45) is 11.1 Å². The second-order valence-electron chi connectivity index (χ2n) is 3.97. The zero-order chi connectivity index (χ0) is 11.1. The van der Waals surface area contributed by atoms with E-state index in [0.717, 1.165) is 17.3 Å². The Kier molecular flexibility index (Phi) is 2.68. The van der Waals surface area contributed by atoms with Crippen molar-refractivity contribution in [1.82, 2.24) is 9.78 Å². The Balaban J connectivity index is 2.36. The Labute approximate surface area is 97.0 Å². The van der Waals surface area contributed by atoms with Gasteiger partial charge in [0.1, 0.15) is 5.69 Å². The molecule has 1 fully saturated rings. The number of nitrogens with zero attached hydrogens (tertiary/aromatic N) is 2. The van der Waals surface area contributed by atoms with E-state index in [0.29, 0.717) is 18.8 Å². The van der Waals surface area contributed by atoms with Crippen molar-refractivity contribution in [2.45, 2.75) is 26.3 Å². The van der Waals surface area contributed by atoms with Crippen LogP contribution in [0, 0.1) is 5.41 Å². The number of carbonyl (C=O) groups is 1. The van der Waals surface area contributed by atoms with Crippen LogP contribution in [-0.4, -0.2) is 22.1 Å². The molecule has 0 aromatic carbocycles. The summed E-state index contributed by atoms with van der Waals surface area (Å²) in [5.74, 6) is 0.135. The SMILES string of the molecule is CCn1ncc(Br)c1C(=O)C1(CN)CC1. The molecule has 0 bridgehead atoms. The number of halogens is 1. The molecule has 1 heterocycles. The Morgan fingerprint density at radius 2 is 2.40 bits per heavy atom. The first-order valence-electron chi connectivity index (χ1n) is 5.11. The van der Waals surface area contributed by atoms with Crippen LogP contribution in [-0.2, 0) is 6.54 Å². The van der Waals surface area contributed by atoms with Gasteiger partial charge >= 0.3 is 0 Å². The lowest BCUT2D eigenvalue weighted by Gasteiger charge is -2.12. The molecular weight excluding hydrogens is 258 g/mol. The molecule has 0 spiro atoms. The number of aromatic nitrogens is 2. The summed E-state index contributed by atoms with van der Waals surface area (Å²) in [6.45, 7) is 3.11. The predicted octanol–water partition coefficient (Wildman–Crippen LogP) is 1.59. The van der Waals surface area contributed by atoms with Gasteiger partial charge in [-0.25, -0.2) is 0 Å². The van der Waals surface area contributed by atoms with Gasteiger partial charge in [0, 0.05) is 18.5 Å². The number of hydrogen-bond donors (Lipinski definition) is 1. The third-order valence-electron chi connectivity index (χ3n) is 3.04. The standard InChI is InChI=1S/C10H14BrN3O/c1-2-14-8(7(11)5-13-14)9(15)10(6-12)3-4-10/h5H,2-4,6,12H2,1H3. The van der Waals surface area contributed by atoms with Crippen LogP contribution in [0.3, 0.4) is 0 Å². The zero-order valence-corrected chi connectivity index (χ0v) is 10.2. The van der Waals surface area contributed by atoms with E-state index in [-0.39, 0.29) is 11.2 Å². The first-order chi connectivity index (χ1) is 7.14. The van der Waals surface area contributed by atoms with Gasteiger partial charge in [-0.3, -0.25) is 9.48 Å². The predicted molar refractivity (Wildman–Crippen MR) is 60.7 cm³/mol. The lowest BCUT2D eigenvalue weighted by Crippen LogP contribution is -2.27. The lowest BCUT2D eigenvalue weighted by atomic mass is 9.99. The minimum absolute atomic E-state index is 0.135. The summed E-state index contributed by atoms with van der Waals surface area (Å²) in [5, 5.41) is 4.14. The van der Waals surface area contributed by atoms with E-state index in [1.807, 2.05) is 6.92 Å². The van der Waals surface area contributed by atoms with Crippen molar-refractivity contribution < 1.29 is 4.79 Å². The summed E-state index contributed by atoms with van der Waals surface area (Å²) in [6.07, 6.45) is 3.48. The maximum absolute atomic E-state index is 12.3. The van der Waals surface area contributed by atoms with Gasteiger partial charge in [-0.15, -0.1) is 0 Å². The lowest BCUT2D eigenvalue weighted by molar-refractivity contribution is 0.0893. The number of aryl methyl sites for hydroxylation is 1. The minimum atomic E-state index is -0.296. The Bertz CT molecular complexity index is 395. The average molecular weight is 272 g/mol. The monoisotopic (exact) mass is 271 g/mol. The van der Waals surface area contributed by atoms with Crippen LogP contribution >= 0.6 is 15.9 Å². The first-order valence-corrected chi connectivity index (χ1v) is 5.90. The number of hydrogen-bond acceptors (Lipinski definition) is 3. The highest BCUT2D eigenvalue weighted by Crippen LogP contribution is 2.47. The molecule has 2 rings (SSSR count). The van der Waals surface area contributed by atoms with Crippen LogP contribution in [0.1, 0.15) is 30.3 Å². The number of nitrogens with two attached hydrogens (primary N) is 1. The topological polar surface area (TPSA) is 60.9 Å². The molecule has 2 N–H and O–H groups in total. The Morgan fingerprint density at radius 3 is 2.87 bits per heavy atom. The summed E-state index contributed by atoms with van der Waals surface area (Å²) in [7, 11) is 0. The van der Waals surface area contributed by atoms with Crippen LogP contribution in [0.5, 0.6) is 0 Å². The molecule has 5 heteroatoms. The quantitative estimate of drug-likeness (QED) is 0.847. The van der Waals surface area contributed by atoms with Crippen LogP contribution in [0.25, 0.3) is 0 Å². The Morgan fingerprint density at radius 1 is 1.73 bits per heavy atom. The molecule has 0 amide bonds. The van der Waals surface area contributed by atoms with Gasteiger partial charge in [-0.05, 0) is 35.7 Å². The molecule has 0 radical (unpaired) electrons. The average Bonchev–Trinajstić information content (AvgIpc) is 2.96. The molecular formula is C10H14BrN3O.